The zero-order valence-corrected chi connectivity index (χ0v) is 19.8. The van der Waals surface area contributed by atoms with Crippen LogP contribution in [-0.4, -0.2) is 38.4 Å². The molecule has 1 aromatic heterocycles. The predicted molar refractivity (Wildman–Crippen MR) is 126 cm³/mol. The molecule has 0 bridgehead atoms. The highest BCUT2D eigenvalue weighted by atomic mass is 32.2. The summed E-state index contributed by atoms with van der Waals surface area (Å²) in [5.41, 5.74) is 6.22. The number of amides is 1. The van der Waals surface area contributed by atoms with Crippen LogP contribution in [0, 0.1) is 12.7 Å². The summed E-state index contributed by atoms with van der Waals surface area (Å²) in [5.74, 6) is 0.331. The smallest absolute Gasteiger partial charge is 0.259 e. The molecular formula is C22H27FN4O3S2. The third-order valence-corrected chi connectivity index (χ3v) is 8.04. The van der Waals surface area contributed by atoms with E-state index in [0.29, 0.717) is 34.2 Å². The average molecular weight is 479 g/mol. The number of halogens is 1. The molecule has 1 aromatic carbocycles. The molecular weight excluding hydrogens is 451 g/mol. The maximum absolute atomic E-state index is 14.6. The molecule has 1 saturated heterocycles. The zero-order chi connectivity index (χ0) is 22.9. The molecule has 0 radical (unpaired) electrons. The molecule has 0 saturated carbocycles. The first-order valence-electron chi connectivity index (χ1n) is 10.6. The van der Waals surface area contributed by atoms with Crippen LogP contribution in [0.5, 0.6) is 0 Å². The second kappa shape index (κ2) is 9.36. The number of amidine groups is 1. The van der Waals surface area contributed by atoms with Gasteiger partial charge in [0, 0.05) is 36.2 Å². The van der Waals surface area contributed by atoms with Crippen LogP contribution < -0.4 is 11.1 Å². The number of hydrogen-bond donors (Lipinski definition) is 2. The van der Waals surface area contributed by atoms with Crippen LogP contribution in [0.3, 0.4) is 0 Å². The Kier molecular flexibility index (Phi) is 6.73. The predicted octanol–water partition coefficient (Wildman–Crippen LogP) is 4.15. The van der Waals surface area contributed by atoms with Crippen molar-refractivity contribution >= 4 is 39.5 Å². The molecule has 172 valence electrons. The summed E-state index contributed by atoms with van der Waals surface area (Å²) >= 11 is 1.45. The Hall–Kier alpha value is -2.17. The average Bonchev–Trinajstić information content (AvgIpc) is 3.16. The summed E-state index contributed by atoms with van der Waals surface area (Å²) < 4.78 is 35.0. The first-order chi connectivity index (χ1) is 15.3. The summed E-state index contributed by atoms with van der Waals surface area (Å²) in [6, 6.07) is 5.96. The SMILES string of the molecule is Cc1oc(S(=O)N2CCCCC2)cc1C(=O)Nc1ccc(F)c(C2(C)CCSC(N)=N2)c1. The van der Waals surface area contributed by atoms with Crippen LogP contribution in [-0.2, 0) is 16.5 Å². The van der Waals surface area contributed by atoms with Crippen LogP contribution in [0.25, 0.3) is 0 Å². The molecule has 32 heavy (non-hydrogen) atoms. The fraction of sp³-hybridized carbons (Fsp3) is 0.455. The minimum Gasteiger partial charge on any atom is -0.450 e. The van der Waals surface area contributed by atoms with E-state index >= 15 is 0 Å². The third-order valence-electron chi connectivity index (χ3n) is 5.86. The zero-order valence-electron chi connectivity index (χ0n) is 18.2. The van der Waals surface area contributed by atoms with Crippen molar-refractivity contribution in [3.05, 3.63) is 47.0 Å². The first-order valence-corrected chi connectivity index (χ1v) is 12.7. The monoisotopic (exact) mass is 478 g/mol. The van der Waals surface area contributed by atoms with Gasteiger partial charge in [-0.1, -0.05) is 18.2 Å². The van der Waals surface area contributed by atoms with Gasteiger partial charge in [-0.05, 0) is 51.3 Å². The van der Waals surface area contributed by atoms with E-state index < -0.39 is 28.2 Å². The molecule has 2 aliphatic heterocycles. The number of aliphatic imine (C=N–C) groups is 1. The van der Waals surface area contributed by atoms with Gasteiger partial charge in [-0.25, -0.2) is 12.9 Å². The summed E-state index contributed by atoms with van der Waals surface area (Å²) in [7, 11) is -1.43. The van der Waals surface area contributed by atoms with Crippen LogP contribution in [0.4, 0.5) is 10.1 Å². The number of carbonyl (C=O) groups excluding carboxylic acids is 1. The normalized spacial score (nSPS) is 22.9. The van der Waals surface area contributed by atoms with Gasteiger partial charge in [0.05, 0.1) is 11.1 Å². The molecule has 0 spiro atoms. The molecule has 2 unspecified atom stereocenters. The van der Waals surface area contributed by atoms with Gasteiger partial charge in [0.2, 0.25) is 5.09 Å². The molecule has 1 fully saturated rings. The molecule has 10 heteroatoms. The van der Waals surface area contributed by atoms with E-state index in [2.05, 4.69) is 10.3 Å². The van der Waals surface area contributed by atoms with Crippen molar-refractivity contribution in [3.63, 3.8) is 0 Å². The molecule has 3 N–H and O–H groups in total. The van der Waals surface area contributed by atoms with Crippen molar-refractivity contribution in [2.75, 3.05) is 24.2 Å². The molecule has 2 aromatic rings. The molecule has 1 amide bonds. The summed E-state index contributed by atoms with van der Waals surface area (Å²) in [4.78, 5) is 17.4. The van der Waals surface area contributed by atoms with Crippen molar-refractivity contribution in [3.8, 4) is 0 Å². The highest BCUT2D eigenvalue weighted by molar-refractivity contribution is 8.13. The van der Waals surface area contributed by atoms with E-state index in [0.717, 1.165) is 38.1 Å². The van der Waals surface area contributed by atoms with Crippen molar-refractivity contribution in [2.24, 2.45) is 10.7 Å². The van der Waals surface area contributed by atoms with Gasteiger partial charge in [0.15, 0.2) is 16.2 Å². The number of nitrogens with two attached hydrogens (primary N) is 1. The summed E-state index contributed by atoms with van der Waals surface area (Å²) in [6.45, 7) is 5.00. The van der Waals surface area contributed by atoms with Gasteiger partial charge in [-0.3, -0.25) is 9.79 Å². The van der Waals surface area contributed by atoms with Gasteiger partial charge in [0.1, 0.15) is 11.6 Å². The second-order valence-corrected chi connectivity index (χ2v) is 10.8. The summed E-state index contributed by atoms with van der Waals surface area (Å²) in [6.07, 6.45) is 3.77. The quantitative estimate of drug-likeness (QED) is 0.672. The number of aryl methyl sites for hydroxylation is 1. The number of nitrogens with zero attached hydrogens (tertiary/aromatic N) is 2. The maximum Gasteiger partial charge on any atom is 0.259 e. The second-order valence-electron chi connectivity index (χ2n) is 8.25. The maximum atomic E-state index is 14.6. The lowest BCUT2D eigenvalue weighted by atomic mass is 9.89. The lowest BCUT2D eigenvalue weighted by molar-refractivity contribution is 0.102. The third kappa shape index (κ3) is 4.77. The number of anilines is 1. The van der Waals surface area contributed by atoms with E-state index in [1.807, 2.05) is 11.2 Å². The van der Waals surface area contributed by atoms with Crippen molar-refractivity contribution < 1.29 is 17.8 Å². The Bertz CT molecular complexity index is 1080. The molecule has 2 atom stereocenters. The van der Waals surface area contributed by atoms with Crippen LogP contribution in [0.1, 0.15) is 54.3 Å². The van der Waals surface area contributed by atoms with Crippen LogP contribution in [0.15, 0.2) is 38.8 Å². The van der Waals surface area contributed by atoms with Crippen LogP contribution in [0.2, 0.25) is 0 Å². The standard InChI is InChI=1S/C22H27FN4O3S2/c1-14-16(13-19(30-14)32(29)27-9-4-3-5-10-27)20(28)25-15-6-7-18(23)17(12-15)22(2)8-11-31-21(24)26-22/h6-7,12-13H,3-5,8-11H2,1-2H3,(H2,24,26)(H,25,28). The largest absolute Gasteiger partial charge is 0.450 e. The Morgan fingerprint density at radius 3 is 2.78 bits per heavy atom. The number of rotatable bonds is 5. The topological polar surface area (TPSA) is 101 Å². The highest BCUT2D eigenvalue weighted by Crippen LogP contribution is 2.37. The highest BCUT2D eigenvalue weighted by Gasteiger charge is 2.32. The molecule has 7 nitrogen and oxygen atoms in total. The Morgan fingerprint density at radius 2 is 2.06 bits per heavy atom. The fourth-order valence-electron chi connectivity index (χ4n) is 4.02. The molecule has 4 rings (SSSR count). The Balaban J connectivity index is 1.54. The number of benzene rings is 1. The first kappa shape index (κ1) is 23.0. The van der Waals surface area contributed by atoms with Crippen molar-refractivity contribution in [1.29, 1.82) is 0 Å². The minimum atomic E-state index is -1.43. The van der Waals surface area contributed by atoms with Crippen molar-refractivity contribution in [1.82, 2.24) is 4.31 Å². The van der Waals surface area contributed by atoms with Crippen LogP contribution >= 0.6 is 11.8 Å². The fourth-order valence-corrected chi connectivity index (χ4v) is 6.25. The number of thioether (sulfide) groups is 1. The van der Waals surface area contributed by atoms with Gasteiger partial charge in [-0.2, -0.15) is 0 Å². The number of carbonyl (C=O) groups is 1. The Morgan fingerprint density at radius 1 is 1.31 bits per heavy atom. The molecule has 0 aliphatic carbocycles. The van der Waals surface area contributed by atoms with E-state index in [-0.39, 0.29) is 5.09 Å². The van der Waals surface area contributed by atoms with E-state index in [4.69, 9.17) is 10.2 Å². The van der Waals surface area contributed by atoms with E-state index in [1.54, 1.807) is 13.0 Å². The van der Waals surface area contributed by atoms with Gasteiger partial charge >= 0.3 is 0 Å². The summed E-state index contributed by atoms with van der Waals surface area (Å²) in [5, 5.41) is 3.50. The van der Waals surface area contributed by atoms with Crippen molar-refractivity contribution in [2.45, 2.75) is 50.2 Å². The molecule has 2 aliphatic rings. The number of piperidine rings is 1. The lowest BCUT2D eigenvalue weighted by Gasteiger charge is -2.30. The van der Waals surface area contributed by atoms with E-state index in [9.17, 15) is 13.4 Å². The minimum absolute atomic E-state index is 0.270. The van der Waals surface area contributed by atoms with E-state index in [1.165, 1.54) is 30.0 Å². The van der Waals surface area contributed by atoms with Gasteiger partial charge in [0.25, 0.3) is 5.91 Å². The number of furan rings is 1. The van der Waals surface area contributed by atoms with Gasteiger partial charge < -0.3 is 15.5 Å². The number of hydrogen-bond acceptors (Lipinski definition) is 6. The number of nitrogens with one attached hydrogen (secondary N) is 1. The Labute approximate surface area is 193 Å². The molecule has 3 heterocycles. The lowest BCUT2D eigenvalue weighted by Crippen LogP contribution is -2.31. The van der Waals surface area contributed by atoms with Gasteiger partial charge in [-0.15, -0.1) is 0 Å².